The highest BCUT2D eigenvalue weighted by molar-refractivity contribution is 5.89. The number of urea groups is 1. The quantitative estimate of drug-likeness (QED) is 0.0346. The molecule has 0 heterocycles. The fraction of sp³-hybridized carbons (Fsp3) is 0.636. The molecule has 73 heavy (non-hydrogen) atoms. The summed E-state index contributed by atoms with van der Waals surface area (Å²) in [6.45, 7) is 18.0. The number of nitrogens with one attached hydrogen (secondary N) is 6. The van der Waals surface area contributed by atoms with E-state index in [-0.39, 0.29) is 67.9 Å². The summed E-state index contributed by atoms with van der Waals surface area (Å²) in [5.74, 6) is -2.93. The third-order valence-corrected chi connectivity index (χ3v) is 12.3. The van der Waals surface area contributed by atoms with Crippen molar-refractivity contribution in [2.45, 2.75) is 187 Å². The molecular weight excluding hydrogens is 937 g/mol. The molecule has 2 aromatic carbocycles. The fourth-order valence-corrected chi connectivity index (χ4v) is 8.87. The predicted octanol–water partition coefficient (Wildman–Crippen LogP) is 7.25. The van der Waals surface area contributed by atoms with Gasteiger partial charge in [0, 0.05) is 44.8 Å². The molecule has 404 valence electrons. The van der Waals surface area contributed by atoms with Gasteiger partial charge in [0.05, 0.1) is 0 Å². The Labute approximate surface area is 431 Å². The van der Waals surface area contributed by atoms with Gasteiger partial charge in [-0.2, -0.15) is 0 Å². The number of fused-ring (bicyclic) bond motifs is 3. The molecule has 2 aromatic rings. The predicted molar refractivity (Wildman–Crippen MR) is 276 cm³/mol. The maximum absolute atomic E-state index is 13.7. The largest absolute Gasteiger partial charge is 0.460 e. The fourth-order valence-electron chi connectivity index (χ4n) is 8.87. The second kappa shape index (κ2) is 27.7. The van der Waals surface area contributed by atoms with Gasteiger partial charge in [0.1, 0.15) is 41.5 Å². The maximum Gasteiger partial charge on any atom is 0.407 e. The zero-order valence-electron chi connectivity index (χ0n) is 44.8. The molecule has 0 aromatic heterocycles. The normalized spacial score (nSPS) is 16.7. The van der Waals surface area contributed by atoms with Crippen LogP contribution in [0.1, 0.15) is 163 Å². The number of hydrogen-bond donors (Lipinski definition) is 6. The van der Waals surface area contributed by atoms with Gasteiger partial charge in [0.25, 0.3) is 0 Å². The Kier molecular flexibility index (Phi) is 22.6. The summed E-state index contributed by atoms with van der Waals surface area (Å²) in [6.07, 6.45) is 4.27. The summed E-state index contributed by atoms with van der Waals surface area (Å²) in [5, 5.41) is 16.8. The van der Waals surface area contributed by atoms with Crippen molar-refractivity contribution >= 4 is 47.8 Å². The number of alkyl carbamates (subject to hydrolysis) is 1. The van der Waals surface area contributed by atoms with Gasteiger partial charge >= 0.3 is 30.0 Å². The van der Waals surface area contributed by atoms with Crippen LogP contribution in [0.25, 0.3) is 11.1 Å². The lowest BCUT2D eigenvalue weighted by atomic mass is 9.81. The smallest absolute Gasteiger partial charge is 0.407 e. The third-order valence-electron chi connectivity index (χ3n) is 12.3. The van der Waals surface area contributed by atoms with Gasteiger partial charge in [-0.05, 0) is 161 Å². The number of esters is 3. The number of rotatable bonds is 24. The monoisotopic (exact) mass is 1020 g/mol. The van der Waals surface area contributed by atoms with Crippen molar-refractivity contribution < 1.29 is 57.3 Å². The maximum atomic E-state index is 13.7. The second-order valence-electron chi connectivity index (χ2n) is 22.2. The number of unbranched alkanes of at least 4 members (excludes halogenated alkanes) is 2. The minimum Gasteiger partial charge on any atom is -0.460 e. The van der Waals surface area contributed by atoms with Crippen LogP contribution in [0, 0.1) is 11.8 Å². The van der Waals surface area contributed by atoms with Gasteiger partial charge in [-0.1, -0.05) is 48.5 Å². The van der Waals surface area contributed by atoms with Crippen LogP contribution in [0.15, 0.2) is 48.5 Å². The lowest BCUT2D eigenvalue weighted by Crippen LogP contribution is -2.53. The van der Waals surface area contributed by atoms with E-state index >= 15 is 0 Å². The molecule has 0 radical (unpaired) electrons. The van der Waals surface area contributed by atoms with E-state index < -0.39 is 65.0 Å². The van der Waals surface area contributed by atoms with Crippen LogP contribution >= 0.6 is 0 Å². The molecule has 0 unspecified atom stereocenters. The highest BCUT2D eigenvalue weighted by Gasteiger charge is 2.34. The molecule has 2 aliphatic carbocycles. The molecular formula is C55H82N6O12. The van der Waals surface area contributed by atoms with Gasteiger partial charge in [-0.3, -0.25) is 19.2 Å². The summed E-state index contributed by atoms with van der Waals surface area (Å²) < 4.78 is 22.2. The first-order chi connectivity index (χ1) is 34.3. The molecule has 18 nitrogen and oxygen atoms in total. The molecule has 1 fully saturated rings. The number of ether oxygens (including phenoxy) is 4. The highest BCUT2D eigenvalue weighted by Crippen LogP contribution is 2.44. The molecule has 0 aliphatic heterocycles. The van der Waals surface area contributed by atoms with Crippen LogP contribution in [-0.2, 0) is 47.7 Å². The van der Waals surface area contributed by atoms with Gasteiger partial charge in [-0.15, -0.1) is 0 Å². The van der Waals surface area contributed by atoms with Crippen LogP contribution in [0.4, 0.5) is 9.59 Å². The molecule has 6 amide bonds. The Balaban J connectivity index is 1.27. The molecule has 0 bridgehead atoms. The van der Waals surface area contributed by atoms with Crippen LogP contribution in [0.5, 0.6) is 0 Å². The highest BCUT2D eigenvalue weighted by atomic mass is 16.6. The van der Waals surface area contributed by atoms with Gasteiger partial charge < -0.3 is 50.8 Å². The Bertz CT molecular complexity index is 2160. The Morgan fingerprint density at radius 2 is 1.07 bits per heavy atom. The van der Waals surface area contributed by atoms with Gasteiger partial charge in [0.2, 0.25) is 17.7 Å². The van der Waals surface area contributed by atoms with Crippen molar-refractivity contribution in [1.82, 2.24) is 31.9 Å². The zero-order chi connectivity index (χ0) is 53.9. The molecule has 18 heteroatoms. The first-order valence-corrected chi connectivity index (χ1v) is 25.9. The Morgan fingerprint density at radius 3 is 1.59 bits per heavy atom. The van der Waals surface area contributed by atoms with Crippen LogP contribution in [0.2, 0.25) is 0 Å². The minimum atomic E-state index is -1.23. The summed E-state index contributed by atoms with van der Waals surface area (Å²) in [4.78, 5) is 104. The average Bonchev–Trinajstić information content (AvgIpc) is 3.62. The van der Waals surface area contributed by atoms with Crippen LogP contribution < -0.4 is 31.9 Å². The molecule has 4 rings (SSSR count). The van der Waals surface area contributed by atoms with Crippen molar-refractivity contribution in [3.8, 4) is 11.1 Å². The average molecular weight is 1020 g/mol. The topological polar surface area (TPSA) is 246 Å². The summed E-state index contributed by atoms with van der Waals surface area (Å²) in [5.41, 5.74) is 2.09. The van der Waals surface area contributed by atoms with E-state index in [4.69, 9.17) is 18.9 Å². The lowest BCUT2D eigenvalue weighted by molar-refractivity contribution is -0.159. The Hall–Kier alpha value is -6.20. The zero-order valence-corrected chi connectivity index (χ0v) is 44.8. The van der Waals surface area contributed by atoms with E-state index in [0.29, 0.717) is 70.9 Å². The lowest BCUT2D eigenvalue weighted by Gasteiger charge is -2.29. The molecule has 0 saturated heterocycles. The van der Waals surface area contributed by atoms with E-state index in [1.165, 1.54) is 6.92 Å². The van der Waals surface area contributed by atoms with Gasteiger partial charge in [0.15, 0.2) is 0 Å². The molecule has 3 atom stereocenters. The number of hydrogen-bond acceptors (Lipinski definition) is 12. The number of carbonyl (C=O) groups is 8. The molecule has 0 spiro atoms. The number of carbonyl (C=O) groups excluding carboxylic acids is 8. The second-order valence-corrected chi connectivity index (χ2v) is 22.2. The van der Waals surface area contributed by atoms with Crippen molar-refractivity contribution in [3.05, 3.63) is 59.7 Å². The standard InChI is InChI=1S/C55H82N6O12/c1-35(62)56-31-17-15-23-43(59-47(64)37-27-25-36(26-28-37)33-58-52(69)70-34-42-40-21-13-11-19-38(40)39-20-12-14-22-41(39)42)48(65)57-32-18-16-24-44(49(66)72-54(5,6)7)60-51(68)61-45(50(67)73-55(8,9)10)29-30-46(63)71-53(2,3)4/h11-14,19-22,36-37,42-45H,15-18,23-34H2,1-10H3,(H,56,62)(H,57,65)(H,58,69)(H,59,64)(H2,60,61,68)/t36?,37?,43-,44-,45-/m0/s1. The molecule has 6 N–H and O–H groups in total. The van der Waals surface area contributed by atoms with E-state index in [1.54, 1.807) is 62.3 Å². The minimum absolute atomic E-state index is 0.0379. The van der Waals surface area contributed by atoms with Crippen molar-refractivity contribution in [3.63, 3.8) is 0 Å². The van der Waals surface area contributed by atoms with E-state index in [0.717, 1.165) is 22.3 Å². The SMILES string of the molecule is CC(=O)NCCCC[C@H](NC(=O)C1CCC(CNC(=O)OCC2c3ccccc3-c3ccccc32)CC1)C(=O)NCCCC[C@H](NC(=O)N[C@@H](CCC(=O)OC(C)(C)C)C(=O)OC(C)(C)C)C(=O)OC(C)(C)C. The number of amides is 6. The third kappa shape index (κ3) is 21.4. The van der Waals surface area contributed by atoms with Crippen LogP contribution in [-0.4, -0.2) is 109 Å². The van der Waals surface area contributed by atoms with E-state index in [2.05, 4.69) is 56.2 Å². The molecule has 1 saturated carbocycles. The van der Waals surface area contributed by atoms with E-state index in [9.17, 15) is 38.4 Å². The van der Waals surface area contributed by atoms with Crippen molar-refractivity contribution in [1.29, 1.82) is 0 Å². The Morgan fingerprint density at radius 1 is 0.575 bits per heavy atom. The summed E-state index contributed by atoms with van der Waals surface area (Å²) in [7, 11) is 0. The first kappa shape index (κ1) is 59.4. The summed E-state index contributed by atoms with van der Waals surface area (Å²) in [6, 6.07) is 12.3. The van der Waals surface area contributed by atoms with Crippen molar-refractivity contribution in [2.24, 2.45) is 11.8 Å². The van der Waals surface area contributed by atoms with Gasteiger partial charge in [-0.25, -0.2) is 19.2 Å². The summed E-state index contributed by atoms with van der Waals surface area (Å²) >= 11 is 0. The molecule has 2 aliphatic rings. The van der Waals surface area contributed by atoms with E-state index in [1.807, 2.05) is 24.3 Å². The van der Waals surface area contributed by atoms with Crippen LogP contribution in [0.3, 0.4) is 0 Å². The first-order valence-electron chi connectivity index (χ1n) is 25.9. The van der Waals surface area contributed by atoms with Crippen molar-refractivity contribution in [2.75, 3.05) is 26.2 Å². The number of benzene rings is 2.